The molecule has 0 spiro atoms. The second-order valence-corrected chi connectivity index (χ2v) is 12.0. The highest BCUT2D eigenvalue weighted by molar-refractivity contribution is 8.01. The van der Waals surface area contributed by atoms with Crippen LogP contribution in [0.25, 0.3) is 5.57 Å². The smallest absolute Gasteiger partial charge is 0.352 e. The van der Waals surface area contributed by atoms with Gasteiger partial charge in [-0.1, -0.05) is 35.0 Å². The number of β-lactam (4-membered cyclic amide) rings is 1. The molecule has 0 aromatic carbocycles. The fourth-order valence-electron chi connectivity index (χ4n) is 3.60. The minimum absolute atomic E-state index is 0.0996. The number of hydrogen-bond donors (Lipinski definition) is 3. The number of tetrazole rings is 1. The van der Waals surface area contributed by atoms with Gasteiger partial charge in [-0.25, -0.2) is 14.5 Å². The van der Waals surface area contributed by atoms with Gasteiger partial charge in [0.05, 0.1) is 17.8 Å². The number of nitrogen functional groups attached to an aromatic ring is 1. The number of rotatable bonds is 10. The molecule has 2 atom stereocenters. The molecule has 4 rings (SSSR count). The first-order valence-corrected chi connectivity index (χ1v) is 14.3. The van der Waals surface area contributed by atoms with Crippen molar-refractivity contribution >= 4 is 86.6 Å². The average Bonchev–Trinajstić information content (AvgIpc) is 3.47. The lowest BCUT2D eigenvalue weighted by molar-refractivity contribution is -0.150. The van der Waals surface area contributed by atoms with Crippen molar-refractivity contribution < 1.29 is 19.5 Å². The van der Waals surface area contributed by atoms with Crippen LogP contribution in [0.2, 0.25) is 0 Å². The SMILES string of the molecule is CN(C)CCn1nnnc1SCC1=C(C(=O)O)N2C(=O)C(NC(=O)C(=C(Cl)Cl)c3csc(N)n3)[C@H]2SC1. The number of thiazole rings is 1. The molecule has 2 aliphatic rings. The van der Waals surface area contributed by atoms with Crippen molar-refractivity contribution in [2.75, 3.05) is 37.9 Å². The molecule has 2 aromatic heterocycles. The molecular weight excluding hydrogens is 585 g/mol. The zero-order chi connectivity index (χ0) is 26.9. The summed E-state index contributed by atoms with van der Waals surface area (Å²) in [5, 5.41) is 25.9. The number of thioether (sulfide) groups is 2. The fraction of sp³-hybridized carbons (Fsp3) is 0.421. The third kappa shape index (κ3) is 5.88. The standard InChI is InChI=1S/C19H21Cl2N9O4S3/c1-28(2)3-4-29-19(25-26-27-29)37-6-8-5-35-16-11(15(32)30(16)12(8)17(33)34)24-14(31)10(13(20)21)9-7-36-18(22)23-9/h7,11,16H,3-6H2,1-2H3,(H2,22,23)(H,24,31)(H,33,34)/t11?,16-/m1/s1. The lowest BCUT2D eigenvalue weighted by atomic mass is 10.0. The Labute approximate surface area is 233 Å². The van der Waals surface area contributed by atoms with Crippen molar-refractivity contribution in [1.29, 1.82) is 0 Å². The number of nitrogens with two attached hydrogens (primary N) is 1. The van der Waals surface area contributed by atoms with Crippen LogP contribution >= 0.6 is 58.1 Å². The van der Waals surface area contributed by atoms with Crippen LogP contribution in [0, 0.1) is 0 Å². The third-order valence-corrected chi connectivity index (χ3v) is 8.80. The van der Waals surface area contributed by atoms with E-state index in [1.165, 1.54) is 33.8 Å². The Hall–Kier alpha value is -2.37. The highest BCUT2D eigenvalue weighted by atomic mass is 35.5. The van der Waals surface area contributed by atoms with Gasteiger partial charge in [0.2, 0.25) is 5.16 Å². The normalized spacial score (nSPS) is 19.1. The number of carboxylic acids is 1. The number of hydrogen-bond acceptors (Lipinski definition) is 12. The average molecular weight is 607 g/mol. The van der Waals surface area contributed by atoms with Gasteiger partial charge in [0.25, 0.3) is 11.8 Å². The van der Waals surface area contributed by atoms with Gasteiger partial charge in [-0.05, 0) is 30.1 Å². The minimum atomic E-state index is -1.23. The monoisotopic (exact) mass is 605 g/mol. The Morgan fingerprint density at radius 1 is 1.38 bits per heavy atom. The molecule has 2 aliphatic heterocycles. The molecule has 4 heterocycles. The number of fused-ring (bicyclic) bond motifs is 1. The van der Waals surface area contributed by atoms with E-state index in [1.54, 1.807) is 4.68 Å². The second kappa shape index (κ2) is 11.6. The van der Waals surface area contributed by atoms with Crippen molar-refractivity contribution in [1.82, 2.24) is 40.3 Å². The van der Waals surface area contributed by atoms with Crippen LogP contribution in [0.15, 0.2) is 26.3 Å². The van der Waals surface area contributed by atoms with Crippen LogP contribution in [-0.2, 0) is 20.9 Å². The largest absolute Gasteiger partial charge is 0.477 e. The first kappa shape index (κ1) is 27.7. The number of anilines is 1. The molecule has 0 radical (unpaired) electrons. The van der Waals surface area contributed by atoms with E-state index in [4.69, 9.17) is 28.9 Å². The van der Waals surface area contributed by atoms with E-state index in [0.717, 1.165) is 17.9 Å². The number of halogens is 2. The summed E-state index contributed by atoms with van der Waals surface area (Å²) in [7, 11) is 3.87. The molecule has 0 saturated carbocycles. The number of likely N-dealkylation sites (N-methyl/N-ethyl adjacent to an activating group) is 1. The van der Waals surface area contributed by atoms with E-state index in [0.29, 0.717) is 23.0 Å². The van der Waals surface area contributed by atoms with Crippen LogP contribution < -0.4 is 11.1 Å². The number of carbonyl (C=O) groups excluding carboxylic acids is 2. The molecule has 0 bridgehead atoms. The molecule has 2 amide bonds. The molecule has 37 heavy (non-hydrogen) atoms. The number of nitrogens with one attached hydrogen (secondary N) is 1. The van der Waals surface area contributed by atoms with Crippen molar-refractivity contribution in [3.63, 3.8) is 0 Å². The maximum atomic E-state index is 13.0. The zero-order valence-electron chi connectivity index (χ0n) is 19.4. The van der Waals surface area contributed by atoms with E-state index in [9.17, 15) is 19.5 Å². The maximum absolute atomic E-state index is 13.0. The Morgan fingerprint density at radius 2 is 2.14 bits per heavy atom. The number of aromatic nitrogens is 5. The van der Waals surface area contributed by atoms with Crippen molar-refractivity contribution in [2.45, 2.75) is 23.1 Å². The molecule has 13 nitrogen and oxygen atoms in total. The van der Waals surface area contributed by atoms with E-state index >= 15 is 0 Å². The van der Waals surface area contributed by atoms with E-state index < -0.39 is 29.2 Å². The molecule has 198 valence electrons. The van der Waals surface area contributed by atoms with Gasteiger partial charge < -0.3 is 21.1 Å². The summed E-state index contributed by atoms with van der Waals surface area (Å²) in [4.78, 5) is 45.3. The zero-order valence-corrected chi connectivity index (χ0v) is 23.4. The van der Waals surface area contributed by atoms with Gasteiger partial charge in [-0.15, -0.1) is 28.2 Å². The van der Waals surface area contributed by atoms with E-state index in [2.05, 4.69) is 25.8 Å². The van der Waals surface area contributed by atoms with Crippen LogP contribution in [0.5, 0.6) is 0 Å². The molecule has 0 aliphatic carbocycles. The fourth-order valence-corrected chi connectivity index (χ4v) is 6.90. The summed E-state index contributed by atoms with van der Waals surface area (Å²) in [6, 6.07) is -0.960. The summed E-state index contributed by atoms with van der Waals surface area (Å²) >= 11 is 15.6. The number of aliphatic carboxylic acids is 1. The molecule has 1 fully saturated rings. The molecular formula is C19H21Cl2N9O4S3. The van der Waals surface area contributed by atoms with Gasteiger partial charge in [0.1, 0.15) is 21.6 Å². The van der Waals surface area contributed by atoms with Gasteiger partial charge in [-0.3, -0.25) is 14.5 Å². The van der Waals surface area contributed by atoms with Gasteiger partial charge >= 0.3 is 5.97 Å². The van der Waals surface area contributed by atoms with E-state index in [1.807, 2.05) is 19.0 Å². The first-order chi connectivity index (χ1) is 17.6. The van der Waals surface area contributed by atoms with Crippen LogP contribution in [-0.4, -0.2) is 101 Å². The summed E-state index contributed by atoms with van der Waals surface area (Å²) in [6.45, 7) is 1.31. The Bertz CT molecular complexity index is 1290. The lowest BCUT2D eigenvalue weighted by Crippen LogP contribution is -2.70. The van der Waals surface area contributed by atoms with Crippen molar-refractivity contribution in [3.8, 4) is 0 Å². The number of carboxylic acid groups (broad SMARTS) is 1. The van der Waals surface area contributed by atoms with Gasteiger partial charge in [0, 0.05) is 23.4 Å². The quantitative estimate of drug-likeness (QED) is 0.199. The molecule has 4 N–H and O–H groups in total. The van der Waals surface area contributed by atoms with E-state index in [-0.39, 0.29) is 32.3 Å². The van der Waals surface area contributed by atoms with Gasteiger partial charge in [-0.2, -0.15) is 0 Å². The first-order valence-electron chi connectivity index (χ1n) is 10.6. The Balaban J connectivity index is 1.47. The summed E-state index contributed by atoms with van der Waals surface area (Å²) in [5.41, 5.74) is 6.15. The molecule has 1 unspecified atom stereocenters. The minimum Gasteiger partial charge on any atom is -0.477 e. The predicted molar refractivity (Wildman–Crippen MR) is 142 cm³/mol. The number of amides is 2. The lowest BCUT2D eigenvalue weighted by Gasteiger charge is -2.49. The Morgan fingerprint density at radius 3 is 2.76 bits per heavy atom. The maximum Gasteiger partial charge on any atom is 0.352 e. The second-order valence-electron chi connectivity index (χ2n) is 8.10. The summed E-state index contributed by atoms with van der Waals surface area (Å²) < 4.78 is 1.31. The summed E-state index contributed by atoms with van der Waals surface area (Å²) in [6.07, 6.45) is 0. The Kier molecular flexibility index (Phi) is 8.65. The van der Waals surface area contributed by atoms with Crippen molar-refractivity contribution in [2.24, 2.45) is 0 Å². The summed E-state index contributed by atoms with van der Waals surface area (Å²) in [5.74, 6) is -1.87. The number of carbonyl (C=O) groups is 3. The molecule has 1 saturated heterocycles. The highest BCUT2D eigenvalue weighted by Crippen LogP contribution is 2.42. The topological polar surface area (TPSA) is 172 Å². The molecule has 2 aromatic rings. The number of nitrogens with zero attached hydrogens (tertiary/aromatic N) is 7. The van der Waals surface area contributed by atoms with Crippen LogP contribution in [0.1, 0.15) is 5.69 Å². The van der Waals surface area contributed by atoms with Crippen LogP contribution in [0.4, 0.5) is 5.13 Å². The highest BCUT2D eigenvalue weighted by Gasteiger charge is 2.54. The predicted octanol–water partition coefficient (Wildman–Crippen LogP) is 0.951. The van der Waals surface area contributed by atoms with Crippen LogP contribution in [0.3, 0.4) is 0 Å². The van der Waals surface area contributed by atoms with Crippen molar-refractivity contribution in [3.05, 3.63) is 26.8 Å². The third-order valence-electron chi connectivity index (χ3n) is 5.36. The molecule has 18 heteroatoms. The van der Waals surface area contributed by atoms with Gasteiger partial charge in [0.15, 0.2) is 5.13 Å².